The standard InChI is InChI=1S/C41H69N3O7/c1-13-27(6)38(43(10)41(49)31(25(2)3)23-34(46)37(42-9)26(4)5)35(50-11)24-36(47)44-21-17-20-32(44)40(51-12)29(8)33(45)22-28(7)39(48)30-18-15-14-16-19-30/h14-16,18-19,25-29,31-32,35,37-40,42,48H,13,17,20-24H2,1-12H3/t27-,28-,29-,31-,32-,35+,37?,38-,39+,40+/m0/s1. The number of Topliss-reactive ketones (excluding diaryl/α,β-unsaturated/α-hetero) is 2. The van der Waals surface area contributed by atoms with Crippen LogP contribution in [-0.4, -0.2) is 103 Å². The van der Waals surface area contributed by atoms with Gasteiger partial charge in [-0.25, -0.2) is 0 Å². The molecular weight excluding hydrogens is 646 g/mol. The summed E-state index contributed by atoms with van der Waals surface area (Å²) in [6.45, 7) is 16.3. The van der Waals surface area contributed by atoms with Crippen LogP contribution in [0.2, 0.25) is 0 Å². The molecule has 1 fully saturated rings. The van der Waals surface area contributed by atoms with Crippen molar-refractivity contribution in [3.63, 3.8) is 0 Å². The number of rotatable bonds is 22. The van der Waals surface area contributed by atoms with Crippen molar-refractivity contribution < 1.29 is 33.8 Å². The molecule has 1 unspecified atom stereocenters. The molecule has 0 aromatic heterocycles. The molecule has 10 heteroatoms. The Kier molecular flexibility index (Phi) is 18.4. The highest BCUT2D eigenvalue weighted by molar-refractivity contribution is 5.90. The number of ether oxygens (including phenoxy) is 2. The highest BCUT2D eigenvalue weighted by Crippen LogP contribution is 2.32. The third-order valence-corrected chi connectivity index (χ3v) is 11.4. The Balaban J connectivity index is 2.24. The Morgan fingerprint density at radius 1 is 0.902 bits per heavy atom. The summed E-state index contributed by atoms with van der Waals surface area (Å²) in [6.07, 6.45) is 0.834. The van der Waals surface area contributed by atoms with Crippen molar-refractivity contribution in [1.82, 2.24) is 15.1 Å². The quantitative estimate of drug-likeness (QED) is 0.157. The summed E-state index contributed by atoms with van der Waals surface area (Å²) in [5, 5.41) is 14.0. The van der Waals surface area contributed by atoms with E-state index in [0.29, 0.717) is 13.0 Å². The molecule has 10 nitrogen and oxygen atoms in total. The van der Waals surface area contributed by atoms with Gasteiger partial charge in [-0.05, 0) is 49.1 Å². The van der Waals surface area contributed by atoms with Crippen LogP contribution < -0.4 is 5.32 Å². The van der Waals surface area contributed by atoms with Crippen molar-refractivity contribution >= 4 is 23.4 Å². The van der Waals surface area contributed by atoms with Gasteiger partial charge >= 0.3 is 0 Å². The summed E-state index contributed by atoms with van der Waals surface area (Å²) in [7, 11) is 6.72. The molecule has 1 aromatic rings. The van der Waals surface area contributed by atoms with Gasteiger partial charge in [0.25, 0.3) is 0 Å². The van der Waals surface area contributed by atoms with E-state index in [9.17, 15) is 24.3 Å². The van der Waals surface area contributed by atoms with E-state index in [4.69, 9.17) is 9.47 Å². The van der Waals surface area contributed by atoms with Gasteiger partial charge in [0.15, 0.2) is 5.78 Å². The molecule has 0 aliphatic carbocycles. The number of hydrogen-bond donors (Lipinski definition) is 2. The topological polar surface area (TPSA) is 125 Å². The third kappa shape index (κ3) is 11.7. The lowest BCUT2D eigenvalue weighted by Crippen LogP contribution is -2.54. The van der Waals surface area contributed by atoms with Gasteiger partial charge in [-0.15, -0.1) is 0 Å². The van der Waals surface area contributed by atoms with Crippen molar-refractivity contribution in [2.45, 2.75) is 130 Å². The summed E-state index contributed by atoms with van der Waals surface area (Å²) in [4.78, 5) is 58.7. The second-order valence-electron chi connectivity index (χ2n) is 15.6. The average Bonchev–Trinajstić information content (AvgIpc) is 3.59. The average molecular weight is 716 g/mol. The number of aliphatic hydroxyl groups excluding tert-OH is 1. The molecule has 1 aliphatic heterocycles. The SMILES string of the molecule is CC[C@H](C)[C@@H]([C@@H](CC(=O)N1CCC[C@H]1[C@H](OC)[C@@H](C)C(=O)C[C@H](C)[C@@H](O)c1ccccc1)OC)N(C)C(=O)[C@@H](CC(=O)C(NC)C(C)C)C(C)C. The van der Waals surface area contributed by atoms with Crippen LogP contribution in [0.4, 0.5) is 0 Å². The molecule has 0 saturated carbocycles. The molecule has 1 heterocycles. The molecule has 10 atom stereocenters. The third-order valence-electron chi connectivity index (χ3n) is 11.4. The number of carbonyl (C=O) groups excluding carboxylic acids is 4. The zero-order chi connectivity index (χ0) is 38.6. The maximum Gasteiger partial charge on any atom is 0.226 e. The Bertz CT molecular complexity index is 1240. The summed E-state index contributed by atoms with van der Waals surface area (Å²) in [6, 6.07) is 8.35. The number of likely N-dealkylation sites (tertiary alicyclic amines) is 1. The van der Waals surface area contributed by atoms with Crippen LogP contribution in [0.1, 0.15) is 106 Å². The van der Waals surface area contributed by atoms with Gasteiger partial charge in [0, 0.05) is 52.5 Å². The van der Waals surface area contributed by atoms with E-state index in [1.165, 1.54) is 0 Å². The second kappa shape index (κ2) is 21.1. The first-order valence-corrected chi connectivity index (χ1v) is 19.1. The Labute approximate surface area is 308 Å². The number of ketones is 2. The summed E-state index contributed by atoms with van der Waals surface area (Å²) in [5.74, 6) is -1.41. The number of likely N-dealkylation sites (N-methyl/N-ethyl adjacent to an activating group) is 2. The highest BCUT2D eigenvalue weighted by Gasteiger charge is 2.43. The molecule has 0 bridgehead atoms. The van der Waals surface area contributed by atoms with E-state index in [2.05, 4.69) is 19.2 Å². The molecule has 51 heavy (non-hydrogen) atoms. The maximum atomic E-state index is 14.2. The Hall–Kier alpha value is -2.66. The molecule has 2 N–H and O–H groups in total. The summed E-state index contributed by atoms with van der Waals surface area (Å²) >= 11 is 0. The van der Waals surface area contributed by atoms with E-state index in [1.54, 1.807) is 33.2 Å². The fourth-order valence-corrected chi connectivity index (χ4v) is 8.01. The number of aliphatic hydroxyl groups is 1. The molecule has 0 spiro atoms. The number of carbonyl (C=O) groups is 4. The molecule has 290 valence electrons. The fourth-order valence-electron chi connectivity index (χ4n) is 8.01. The minimum Gasteiger partial charge on any atom is -0.388 e. The zero-order valence-electron chi connectivity index (χ0n) is 33.6. The number of benzene rings is 1. The van der Waals surface area contributed by atoms with E-state index in [0.717, 1.165) is 18.4 Å². The van der Waals surface area contributed by atoms with Crippen LogP contribution in [0.25, 0.3) is 0 Å². The Morgan fingerprint density at radius 2 is 1.53 bits per heavy atom. The lowest BCUT2D eigenvalue weighted by molar-refractivity contribution is -0.149. The van der Waals surface area contributed by atoms with Crippen molar-refractivity contribution in [3.8, 4) is 0 Å². The van der Waals surface area contributed by atoms with Crippen LogP contribution in [-0.2, 0) is 28.7 Å². The van der Waals surface area contributed by atoms with Crippen molar-refractivity contribution in [2.24, 2.45) is 35.5 Å². The minimum absolute atomic E-state index is 0.0111. The predicted molar refractivity (Wildman–Crippen MR) is 202 cm³/mol. The van der Waals surface area contributed by atoms with E-state index in [-0.39, 0.29) is 78.4 Å². The van der Waals surface area contributed by atoms with Gasteiger partial charge in [-0.2, -0.15) is 0 Å². The van der Waals surface area contributed by atoms with Crippen molar-refractivity contribution in [1.29, 1.82) is 0 Å². The first-order chi connectivity index (χ1) is 24.0. The summed E-state index contributed by atoms with van der Waals surface area (Å²) in [5.41, 5.74) is 0.777. The van der Waals surface area contributed by atoms with Crippen LogP contribution in [0.5, 0.6) is 0 Å². The van der Waals surface area contributed by atoms with Crippen LogP contribution in [0.3, 0.4) is 0 Å². The van der Waals surface area contributed by atoms with Crippen LogP contribution in [0.15, 0.2) is 30.3 Å². The van der Waals surface area contributed by atoms with Crippen LogP contribution in [0, 0.1) is 35.5 Å². The largest absolute Gasteiger partial charge is 0.388 e. The number of nitrogens with zero attached hydrogens (tertiary/aromatic N) is 2. The number of amides is 2. The molecule has 0 radical (unpaired) electrons. The first kappa shape index (κ1) is 44.5. The lowest BCUT2D eigenvalue weighted by Gasteiger charge is -2.41. The normalized spacial score (nSPS) is 20.3. The van der Waals surface area contributed by atoms with Gasteiger partial charge in [0.05, 0.1) is 42.9 Å². The molecular formula is C41H69N3O7. The Morgan fingerprint density at radius 3 is 2.04 bits per heavy atom. The zero-order valence-corrected chi connectivity index (χ0v) is 33.6. The van der Waals surface area contributed by atoms with Gasteiger partial charge in [0.2, 0.25) is 11.8 Å². The monoisotopic (exact) mass is 716 g/mol. The van der Waals surface area contributed by atoms with Gasteiger partial charge in [-0.1, -0.05) is 92.1 Å². The number of methoxy groups -OCH3 is 2. The van der Waals surface area contributed by atoms with E-state index >= 15 is 0 Å². The number of nitrogens with one attached hydrogen (secondary N) is 1. The molecule has 2 amide bonds. The van der Waals surface area contributed by atoms with E-state index < -0.39 is 36.2 Å². The van der Waals surface area contributed by atoms with Crippen molar-refractivity contribution in [2.75, 3.05) is 34.9 Å². The second-order valence-corrected chi connectivity index (χ2v) is 15.6. The highest BCUT2D eigenvalue weighted by atomic mass is 16.5. The first-order valence-electron chi connectivity index (χ1n) is 19.1. The maximum absolute atomic E-state index is 14.2. The molecule has 1 saturated heterocycles. The number of hydrogen-bond acceptors (Lipinski definition) is 8. The molecule has 1 aromatic carbocycles. The smallest absolute Gasteiger partial charge is 0.226 e. The summed E-state index contributed by atoms with van der Waals surface area (Å²) < 4.78 is 12.0. The van der Waals surface area contributed by atoms with Gasteiger partial charge in [0.1, 0.15) is 5.78 Å². The van der Waals surface area contributed by atoms with Gasteiger partial charge < -0.3 is 29.7 Å². The fraction of sp³-hybridized carbons (Fsp3) is 0.756. The predicted octanol–water partition coefficient (Wildman–Crippen LogP) is 5.71. The van der Waals surface area contributed by atoms with E-state index in [1.807, 2.05) is 76.8 Å². The van der Waals surface area contributed by atoms with Crippen molar-refractivity contribution in [3.05, 3.63) is 35.9 Å². The molecule has 2 rings (SSSR count). The van der Waals surface area contributed by atoms with Gasteiger partial charge in [-0.3, -0.25) is 19.2 Å². The van der Waals surface area contributed by atoms with Crippen LogP contribution >= 0.6 is 0 Å². The lowest BCUT2D eigenvalue weighted by atomic mass is 9.84. The minimum atomic E-state index is -0.760. The molecule has 1 aliphatic rings.